The lowest BCUT2D eigenvalue weighted by molar-refractivity contribution is -0.384. The second-order valence-corrected chi connectivity index (χ2v) is 5.43. The van der Waals surface area contributed by atoms with Gasteiger partial charge in [0.15, 0.2) is 0 Å². The number of fused-ring (bicyclic) bond motifs is 1. The number of benzene rings is 1. The van der Waals surface area contributed by atoms with Gasteiger partial charge in [0.05, 0.1) is 28.0 Å². The highest BCUT2D eigenvalue weighted by atomic mass is 16.6. The molecule has 0 radical (unpaired) electrons. The van der Waals surface area contributed by atoms with Crippen molar-refractivity contribution in [2.24, 2.45) is 11.8 Å². The molecule has 1 aromatic rings. The minimum absolute atomic E-state index is 0.240. The summed E-state index contributed by atoms with van der Waals surface area (Å²) in [5.41, 5.74) is -0.932. The molecule has 1 fully saturated rings. The Bertz CT molecular complexity index is 743. The first-order valence-electron chi connectivity index (χ1n) is 6.96. The van der Waals surface area contributed by atoms with Gasteiger partial charge < -0.3 is 5.11 Å². The SMILES string of the molecule is O=C(O)c1ccc([N+](=O)[O-])cc1N1C(=O)[C@H]2CC=CC[C@H]2C1=O. The van der Waals surface area contributed by atoms with Gasteiger partial charge in [-0.15, -0.1) is 0 Å². The molecule has 2 amide bonds. The van der Waals surface area contributed by atoms with Crippen LogP contribution in [0.1, 0.15) is 23.2 Å². The number of allylic oxidation sites excluding steroid dienone is 2. The number of nitro groups is 1. The van der Waals surface area contributed by atoms with Gasteiger partial charge >= 0.3 is 5.97 Å². The van der Waals surface area contributed by atoms with Crippen LogP contribution in [-0.4, -0.2) is 27.8 Å². The molecule has 0 aromatic heterocycles. The normalized spacial score (nSPS) is 23.0. The zero-order valence-electron chi connectivity index (χ0n) is 11.8. The zero-order chi connectivity index (χ0) is 16.7. The second-order valence-electron chi connectivity index (χ2n) is 5.43. The molecule has 1 aromatic carbocycles. The van der Waals surface area contributed by atoms with Gasteiger partial charge in [-0.1, -0.05) is 12.2 Å². The average molecular weight is 316 g/mol. The molecule has 23 heavy (non-hydrogen) atoms. The maximum atomic E-state index is 12.5. The number of carboxylic acid groups (broad SMARTS) is 1. The van der Waals surface area contributed by atoms with E-state index >= 15 is 0 Å². The van der Waals surface area contributed by atoms with Crippen LogP contribution in [0.2, 0.25) is 0 Å². The van der Waals surface area contributed by atoms with Crippen LogP contribution in [0.15, 0.2) is 30.4 Å². The molecule has 118 valence electrons. The lowest BCUT2D eigenvalue weighted by Crippen LogP contribution is -2.32. The first-order chi connectivity index (χ1) is 10.9. The number of nitrogens with zero attached hydrogens (tertiary/aromatic N) is 2. The standard InChI is InChI=1S/C15H12N2O6/c18-13-9-3-1-2-4-10(9)14(19)16(13)12-7-8(17(22)23)5-6-11(12)15(20)21/h1-2,5-7,9-10H,3-4H2,(H,20,21)/t9-,10+. The number of carboxylic acids is 1. The van der Waals surface area contributed by atoms with E-state index in [0.717, 1.165) is 23.1 Å². The summed E-state index contributed by atoms with van der Waals surface area (Å²) in [6, 6.07) is 3.03. The lowest BCUT2D eigenvalue weighted by atomic mass is 9.85. The van der Waals surface area contributed by atoms with Crippen molar-refractivity contribution in [2.75, 3.05) is 4.90 Å². The minimum Gasteiger partial charge on any atom is -0.478 e. The number of rotatable bonds is 3. The Hall–Kier alpha value is -3.03. The number of non-ortho nitro benzene ring substituents is 1. The molecule has 0 saturated carbocycles. The van der Waals surface area contributed by atoms with Crippen molar-refractivity contribution in [3.05, 3.63) is 46.0 Å². The fourth-order valence-electron chi connectivity index (χ4n) is 3.04. The summed E-state index contributed by atoms with van der Waals surface area (Å²) >= 11 is 0. The van der Waals surface area contributed by atoms with E-state index in [2.05, 4.69) is 0 Å². The van der Waals surface area contributed by atoms with Gasteiger partial charge in [0.2, 0.25) is 11.8 Å². The van der Waals surface area contributed by atoms with E-state index in [-0.39, 0.29) is 16.9 Å². The van der Waals surface area contributed by atoms with Crippen LogP contribution in [0.3, 0.4) is 0 Å². The molecule has 2 aliphatic rings. The second kappa shape index (κ2) is 5.31. The van der Waals surface area contributed by atoms with Crippen LogP contribution in [0.4, 0.5) is 11.4 Å². The zero-order valence-corrected chi connectivity index (χ0v) is 11.8. The van der Waals surface area contributed by atoms with E-state index in [1.54, 1.807) is 12.2 Å². The third-order valence-electron chi connectivity index (χ3n) is 4.17. The molecule has 0 spiro atoms. The number of carbonyl (C=O) groups is 3. The van der Waals surface area contributed by atoms with Crippen LogP contribution in [0.25, 0.3) is 0 Å². The molecular weight excluding hydrogens is 304 g/mol. The van der Waals surface area contributed by atoms with Gasteiger partial charge in [-0.2, -0.15) is 0 Å². The van der Waals surface area contributed by atoms with Crippen molar-refractivity contribution in [1.29, 1.82) is 0 Å². The highest BCUT2D eigenvalue weighted by Crippen LogP contribution is 2.39. The number of nitro benzene ring substituents is 1. The van der Waals surface area contributed by atoms with Crippen LogP contribution >= 0.6 is 0 Å². The minimum atomic E-state index is -1.36. The Kier molecular flexibility index (Phi) is 3.44. The van der Waals surface area contributed by atoms with Crippen LogP contribution in [0, 0.1) is 22.0 Å². The van der Waals surface area contributed by atoms with E-state index in [9.17, 15) is 29.6 Å². The summed E-state index contributed by atoms with van der Waals surface area (Å²) in [7, 11) is 0. The molecular formula is C15H12N2O6. The Morgan fingerprint density at radius 3 is 2.22 bits per heavy atom. The van der Waals surface area contributed by atoms with E-state index in [1.807, 2.05) is 0 Å². The van der Waals surface area contributed by atoms with Crippen LogP contribution in [-0.2, 0) is 9.59 Å². The van der Waals surface area contributed by atoms with Crippen molar-refractivity contribution < 1.29 is 24.4 Å². The highest BCUT2D eigenvalue weighted by Gasteiger charge is 2.48. The molecule has 1 aliphatic carbocycles. The molecule has 3 rings (SSSR count). The van der Waals surface area contributed by atoms with Crippen molar-refractivity contribution >= 4 is 29.2 Å². The number of imide groups is 1. The van der Waals surface area contributed by atoms with Crippen molar-refractivity contribution in [3.63, 3.8) is 0 Å². The lowest BCUT2D eigenvalue weighted by Gasteiger charge is -2.17. The fraction of sp³-hybridized carbons (Fsp3) is 0.267. The first-order valence-corrected chi connectivity index (χ1v) is 6.96. The monoisotopic (exact) mass is 316 g/mol. The number of aromatic carboxylic acids is 1. The summed E-state index contributed by atoms with van der Waals surface area (Å²) in [6.45, 7) is 0. The molecule has 0 unspecified atom stereocenters. The maximum Gasteiger partial charge on any atom is 0.337 e. The van der Waals surface area contributed by atoms with Gasteiger partial charge in [-0.05, 0) is 18.9 Å². The summed E-state index contributed by atoms with van der Waals surface area (Å²) < 4.78 is 0. The van der Waals surface area contributed by atoms with Gasteiger partial charge in [-0.25, -0.2) is 9.69 Å². The Labute approximate surface area is 130 Å². The number of hydrogen-bond donors (Lipinski definition) is 1. The third-order valence-corrected chi connectivity index (χ3v) is 4.17. The molecule has 0 bridgehead atoms. The number of carbonyl (C=O) groups excluding carboxylic acids is 2. The molecule has 1 aliphatic heterocycles. The highest BCUT2D eigenvalue weighted by molar-refractivity contribution is 6.24. The molecule has 8 nitrogen and oxygen atoms in total. The van der Waals surface area contributed by atoms with E-state index in [4.69, 9.17) is 0 Å². The summed E-state index contributed by atoms with van der Waals surface area (Å²) in [5.74, 6) is -3.44. The van der Waals surface area contributed by atoms with Gasteiger partial charge in [0.25, 0.3) is 5.69 Å². The van der Waals surface area contributed by atoms with Crippen molar-refractivity contribution in [1.82, 2.24) is 0 Å². The fourth-order valence-corrected chi connectivity index (χ4v) is 3.04. The van der Waals surface area contributed by atoms with Gasteiger partial charge in [0.1, 0.15) is 0 Å². The topological polar surface area (TPSA) is 118 Å². The molecule has 1 heterocycles. The summed E-state index contributed by atoms with van der Waals surface area (Å²) in [6.07, 6.45) is 4.43. The maximum absolute atomic E-state index is 12.5. The van der Waals surface area contributed by atoms with Crippen molar-refractivity contribution in [2.45, 2.75) is 12.8 Å². The summed E-state index contributed by atoms with van der Waals surface area (Å²) in [5, 5.41) is 20.2. The molecule has 1 N–H and O–H groups in total. The Balaban J connectivity index is 2.12. The smallest absolute Gasteiger partial charge is 0.337 e. The first kappa shape index (κ1) is 14.9. The Morgan fingerprint density at radius 2 is 1.74 bits per heavy atom. The number of hydrogen-bond acceptors (Lipinski definition) is 5. The predicted octanol–water partition coefficient (Wildman–Crippen LogP) is 1.75. The van der Waals surface area contributed by atoms with E-state index < -0.39 is 34.5 Å². The van der Waals surface area contributed by atoms with Crippen LogP contribution in [0.5, 0.6) is 0 Å². The Morgan fingerprint density at radius 1 is 1.17 bits per heavy atom. The molecule has 1 saturated heterocycles. The molecule has 2 atom stereocenters. The van der Waals surface area contributed by atoms with E-state index in [0.29, 0.717) is 12.8 Å². The molecule has 8 heteroatoms. The van der Waals surface area contributed by atoms with Gasteiger partial charge in [0, 0.05) is 12.1 Å². The van der Waals surface area contributed by atoms with Crippen LogP contribution < -0.4 is 4.90 Å². The van der Waals surface area contributed by atoms with Crippen molar-refractivity contribution in [3.8, 4) is 0 Å². The van der Waals surface area contributed by atoms with Gasteiger partial charge in [-0.3, -0.25) is 19.7 Å². The third kappa shape index (κ3) is 2.28. The summed E-state index contributed by atoms with van der Waals surface area (Å²) in [4.78, 5) is 47.4. The average Bonchev–Trinajstić information content (AvgIpc) is 2.78. The quantitative estimate of drug-likeness (QED) is 0.393. The van der Waals surface area contributed by atoms with E-state index in [1.165, 1.54) is 0 Å². The predicted molar refractivity (Wildman–Crippen MR) is 77.9 cm³/mol. The number of anilines is 1. The largest absolute Gasteiger partial charge is 0.478 e. The number of amides is 2.